The van der Waals surface area contributed by atoms with Gasteiger partial charge in [-0.1, -0.05) is 30.3 Å². The van der Waals surface area contributed by atoms with Crippen LogP contribution in [0.15, 0.2) is 30.3 Å². The molecule has 0 bridgehead atoms. The van der Waals surface area contributed by atoms with Gasteiger partial charge in [0.25, 0.3) is 0 Å². The van der Waals surface area contributed by atoms with E-state index in [9.17, 15) is 0 Å². The monoisotopic (exact) mass is 204 g/mol. The van der Waals surface area contributed by atoms with E-state index in [1.54, 1.807) is 0 Å². The van der Waals surface area contributed by atoms with Gasteiger partial charge in [-0.05, 0) is 24.8 Å². The van der Waals surface area contributed by atoms with Crippen LogP contribution in [0, 0.1) is 0 Å². The molecule has 0 N–H and O–H groups in total. The Kier molecular flexibility index (Phi) is 2.47. The number of hydrogen-bond donors (Lipinski definition) is 0. The molecule has 2 nitrogen and oxygen atoms in total. The predicted molar refractivity (Wildman–Crippen MR) is 57.5 cm³/mol. The fraction of sp³-hybridized carbons (Fsp3) is 0.538. The molecule has 1 aromatic rings. The molecule has 2 fully saturated rings. The molecule has 1 aliphatic heterocycles. The zero-order chi connectivity index (χ0) is 10.1. The highest BCUT2D eigenvalue weighted by Gasteiger charge is 2.47. The molecule has 1 saturated heterocycles. The van der Waals surface area contributed by atoms with Gasteiger partial charge in [-0.2, -0.15) is 0 Å². The van der Waals surface area contributed by atoms with Crippen molar-refractivity contribution in [1.29, 1.82) is 0 Å². The summed E-state index contributed by atoms with van der Waals surface area (Å²) in [6, 6.07) is 10.3. The van der Waals surface area contributed by atoms with Crippen molar-refractivity contribution in [2.24, 2.45) is 0 Å². The minimum absolute atomic E-state index is 0.337. The average Bonchev–Trinajstić information content (AvgIpc) is 3.07. The third-order valence-electron chi connectivity index (χ3n) is 3.27. The maximum absolute atomic E-state index is 5.90. The molecule has 1 aliphatic carbocycles. The second kappa shape index (κ2) is 3.95. The molecule has 2 aliphatic rings. The minimum atomic E-state index is 0.337. The third-order valence-corrected chi connectivity index (χ3v) is 3.27. The summed E-state index contributed by atoms with van der Waals surface area (Å²) < 4.78 is 11.5. The molecule has 0 unspecified atom stereocenters. The molecular formula is C13H16O2. The topological polar surface area (TPSA) is 21.8 Å². The van der Waals surface area contributed by atoms with E-state index in [-0.39, 0.29) is 0 Å². The van der Waals surface area contributed by atoms with Crippen LogP contribution in [0.5, 0.6) is 0 Å². The molecule has 3 rings (SSSR count). The molecule has 0 radical (unpaired) electrons. The highest BCUT2D eigenvalue weighted by atomic mass is 16.6. The summed E-state index contributed by atoms with van der Waals surface area (Å²) in [6.45, 7) is 0.720. The quantitative estimate of drug-likeness (QED) is 0.706. The Morgan fingerprint density at radius 2 is 2.07 bits per heavy atom. The molecule has 1 heterocycles. The molecule has 0 aromatic heterocycles. The van der Waals surface area contributed by atoms with Crippen LogP contribution in [0.4, 0.5) is 0 Å². The lowest BCUT2D eigenvalue weighted by molar-refractivity contribution is 0.0135. The maximum Gasteiger partial charge on any atom is 0.110 e. The molecule has 2 heteroatoms. The van der Waals surface area contributed by atoms with E-state index < -0.39 is 0 Å². The van der Waals surface area contributed by atoms with Crippen molar-refractivity contribution in [3.05, 3.63) is 35.9 Å². The average molecular weight is 204 g/mol. The van der Waals surface area contributed by atoms with Crippen molar-refractivity contribution in [2.75, 3.05) is 0 Å². The van der Waals surface area contributed by atoms with Crippen LogP contribution in [0.1, 0.15) is 24.8 Å². The van der Waals surface area contributed by atoms with Crippen molar-refractivity contribution >= 4 is 0 Å². The van der Waals surface area contributed by atoms with Gasteiger partial charge in [0.15, 0.2) is 0 Å². The first-order chi connectivity index (χ1) is 7.43. The van der Waals surface area contributed by atoms with Crippen LogP contribution < -0.4 is 0 Å². The lowest BCUT2D eigenvalue weighted by Gasteiger charge is -2.18. The van der Waals surface area contributed by atoms with Crippen LogP contribution in [-0.2, 0) is 16.1 Å². The SMILES string of the molecule is c1ccc(CO[C@H]2CCC[C@H]3O[C@@H]23)cc1. The number of benzene rings is 1. The van der Waals surface area contributed by atoms with Gasteiger partial charge >= 0.3 is 0 Å². The first kappa shape index (κ1) is 9.37. The first-order valence-electron chi connectivity index (χ1n) is 5.74. The standard InChI is InChI=1S/C13H16O2/c1-2-5-10(6-3-1)9-14-11-7-4-8-12-13(11)15-12/h1-3,5-6,11-13H,4,7-9H2/t11-,12+,13-/m0/s1. The second-order valence-corrected chi connectivity index (χ2v) is 4.41. The van der Waals surface area contributed by atoms with E-state index in [0.717, 1.165) is 13.0 Å². The van der Waals surface area contributed by atoms with Crippen LogP contribution in [0.25, 0.3) is 0 Å². The fourth-order valence-electron chi connectivity index (χ4n) is 2.36. The summed E-state index contributed by atoms with van der Waals surface area (Å²) in [5.74, 6) is 0. The zero-order valence-electron chi connectivity index (χ0n) is 8.76. The van der Waals surface area contributed by atoms with E-state index >= 15 is 0 Å². The van der Waals surface area contributed by atoms with Crippen molar-refractivity contribution in [2.45, 2.75) is 44.2 Å². The molecule has 80 valence electrons. The Balaban J connectivity index is 1.54. The Bertz CT molecular complexity index is 323. The molecule has 15 heavy (non-hydrogen) atoms. The first-order valence-corrected chi connectivity index (χ1v) is 5.74. The van der Waals surface area contributed by atoms with Gasteiger partial charge in [0, 0.05) is 0 Å². The third kappa shape index (κ3) is 2.06. The Hall–Kier alpha value is -0.860. The highest BCUT2D eigenvalue weighted by molar-refractivity contribution is 5.13. The maximum atomic E-state index is 5.90. The Morgan fingerprint density at radius 1 is 1.20 bits per heavy atom. The Labute approximate surface area is 90.2 Å². The largest absolute Gasteiger partial charge is 0.371 e. The fourth-order valence-corrected chi connectivity index (χ4v) is 2.36. The number of fused-ring (bicyclic) bond motifs is 1. The number of ether oxygens (including phenoxy) is 2. The molecule has 1 aromatic carbocycles. The van der Waals surface area contributed by atoms with E-state index in [2.05, 4.69) is 24.3 Å². The van der Waals surface area contributed by atoms with Crippen molar-refractivity contribution in [1.82, 2.24) is 0 Å². The van der Waals surface area contributed by atoms with Gasteiger partial charge in [0.1, 0.15) is 6.10 Å². The summed E-state index contributed by atoms with van der Waals surface area (Å²) >= 11 is 0. The molecule has 0 spiro atoms. The summed E-state index contributed by atoms with van der Waals surface area (Å²) in [5.41, 5.74) is 1.25. The molecule has 3 atom stereocenters. The van der Waals surface area contributed by atoms with Gasteiger partial charge < -0.3 is 9.47 Å². The molecule has 1 saturated carbocycles. The minimum Gasteiger partial charge on any atom is -0.371 e. The smallest absolute Gasteiger partial charge is 0.110 e. The van der Waals surface area contributed by atoms with E-state index in [4.69, 9.17) is 9.47 Å². The lowest BCUT2D eigenvalue weighted by atomic mass is 9.98. The van der Waals surface area contributed by atoms with Gasteiger partial charge in [-0.15, -0.1) is 0 Å². The van der Waals surface area contributed by atoms with Crippen molar-refractivity contribution < 1.29 is 9.47 Å². The van der Waals surface area contributed by atoms with Crippen LogP contribution >= 0.6 is 0 Å². The Morgan fingerprint density at radius 3 is 2.93 bits per heavy atom. The van der Waals surface area contributed by atoms with Gasteiger partial charge in [-0.25, -0.2) is 0 Å². The van der Waals surface area contributed by atoms with Gasteiger partial charge in [0.05, 0.1) is 18.8 Å². The van der Waals surface area contributed by atoms with E-state index in [1.165, 1.54) is 18.4 Å². The highest BCUT2D eigenvalue weighted by Crippen LogP contribution is 2.38. The van der Waals surface area contributed by atoms with Crippen LogP contribution in [-0.4, -0.2) is 18.3 Å². The number of hydrogen-bond acceptors (Lipinski definition) is 2. The van der Waals surface area contributed by atoms with E-state index in [1.807, 2.05) is 6.07 Å². The van der Waals surface area contributed by atoms with Crippen LogP contribution in [0.3, 0.4) is 0 Å². The molecule has 0 amide bonds. The second-order valence-electron chi connectivity index (χ2n) is 4.41. The van der Waals surface area contributed by atoms with Crippen molar-refractivity contribution in [3.8, 4) is 0 Å². The molecular weight excluding hydrogens is 188 g/mol. The van der Waals surface area contributed by atoms with Gasteiger partial charge in [-0.3, -0.25) is 0 Å². The summed E-state index contributed by atoms with van der Waals surface area (Å²) in [7, 11) is 0. The number of epoxide rings is 1. The predicted octanol–water partition coefficient (Wildman–Crippen LogP) is 2.52. The van der Waals surface area contributed by atoms with E-state index in [0.29, 0.717) is 18.3 Å². The van der Waals surface area contributed by atoms with Gasteiger partial charge in [0.2, 0.25) is 0 Å². The zero-order valence-corrected chi connectivity index (χ0v) is 8.76. The summed E-state index contributed by atoms with van der Waals surface area (Å²) in [5, 5.41) is 0. The normalized spacial score (nSPS) is 33.5. The summed E-state index contributed by atoms with van der Waals surface area (Å²) in [6.07, 6.45) is 4.90. The van der Waals surface area contributed by atoms with Crippen molar-refractivity contribution in [3.63, 3.8) is 0 Å². The lowest BCUT2D eigenvalue weighted by Crippen LogP contribution is -2.25. The van der Waals surface area contributed by atoms with Crippen LogP contribution in [0.2, 0.25) is 0 Å². The number of rotatable bonds is 3. The summed E-state index contributed by atoms with van der Waals surface area (Å²) in [4.78, 5) is 0.